The summed E-state index contributed by atoms with van der Waals surface area (Å²) >= 11 is 0. The summed E-state index contributed by atoms with van der Waals surface area (Å²) in [5.74, 6) is 0.566. The van der Waals surface area contributed by atoms with Gasteiger partial charge in [-0.15, -0.1) is 0 Å². The van der Waals surface area contributed by atoms with Crippen molar-refractivity contribution in [1.29, 1.82) is 0 Å². The van der Waals surface area contributed by atoms with Crippen molar-refractivity contribution in [2.24, 2.45) is 5.41 Å². The van der Waals surface area contributed by atoms with E-state index in [1.54, 1.807) is 6.07 Å². The maximum absolute atomic E-state index is 11.0. The second kappa shape index (κ2) is 3.58. The molecule has 5 nitrogen and oxygen atoms in total. The monoisotopic (exact) mass is 211 g/mol. The summed E-state index contributed by atoms with van der Waals surface area (Å²) in [5.41, 5.74) is -0.791. The summed E-state index contributed by atoms with van der Waals surface area (Å²) in [5, 5.41) is 12.0. The highest BCUT2D eigenvalue weighted by Gasteiger charge is 2.46. The molecule has 0 saturated carbocycles. The SMILES string of the molecule is Cc1ccc(NCC2(C(=O)O)COC2)o1. The molecule has 0 spiro atoms. The predicted octanol–water partition coefficient (Wildman–Crippen LogP) is 1.10. The maximum Gasteiger partial charge on any atom is 0.316 e. The van der Waals surface area contributed by atoms with Crippen LogP contribution in [-0.4, -0.2) is 30.8 Å². The Balaban J connectivity index is 1.95. The first kappa shape index (κ1) is 10.0. The van der Waals surface area contributed by atoms with Crippen LogP contribution in [0, 0.1) is 12.3 Å². The summed E-state index contributed by atoms with van der Waals surface area (Å²) in [6, 6.07) is 3.61. The van der Waals surface area contributed by atoms with Gasteiger partial charge in [-0.1, -0.05) is 0 Å². The number of carboxylic acids is 1. The fourth-order valence-corrected chi connectivity index (χ4v) is 1.44. The van der Waals surface area contributed by atoms with Gasteiger partial charge >= 0.3 is 5.97 Å². The van der Waals surface area contributed by atoms with Crippen molar-refractivity contribution in [3.63, 3.8) is 0 Å². The molecule has 1 aliphatic rings. The zero-order valence-electron chi connectivity index (χ0n) is 8.45. The van der Waals surface area contributed by atoms with E-state index in [4.69, 9.17) is 14.3 Å². The first-order valence-electron chi connectivity index (χ1n) is 4.74. The first-order valence-corrected chi connectivity index (χ1v) is 4.74. The van der Waals surface area contributed by atoms with E-state index in [2.05, 4.69) is 5.32 Å². The number of carbonyl (C=O) groups is 1. The molecule has 15 heavy (non-hydrogen) atoms. The van der Waals surface area contributed by atoms with Gasteiger partial charge in [0.2, 0.25) is 0 Å². The number of ether oxygens (including phenoxy) is 1. The molecule has 2 heterocycles. The molecule has 0 bridgehead atoms. The number of carboxylic acid groups (broad SMARTS) is 1. The fourth-order valence-electron chi connectivity index (χ4n) is 1.44. The van der Waals surface area contributed by atoms with Gasteiger partial charge in [0.15, 0.2) is 5.88 Å². The van der Waals surface area contributed by atoms with E-state index in [1.807, 2.05) is 13.0 Å². The lowest BCUT2D eigenvalue weighted by atomic mass is 9.86. The molecule has 82 valence electrons. The topological polar surface area (TPSA) is 71.7 Å². The average molecular weight is 211 g/mol. The van der Waals surface area contributed by atoms with Gasteiger partial charge in [-0.2, -0.15) is 0 Å². The van der Waals surface area contributed by atoms with Crippen LogP contribution in [0.4, 0.5) is 5.88 Å². The van der Waals surface area contributed by atoms with Gasteiger partial charge in [0.05, 0.1) is 13.2 Å². The van der Waals surface area contributed by atoms with Gasteiger partial charge < -0.3 is 19.6 Å². The molecule has 0 aromatic carbocycles. The number of hydrogen-bond donors (Lipinski definition) is 2. The Morgan fingerprint density at radius 1 is 1.60 bits per heavy atom. The largest absolute Gasteiger partial charge is 0.481 e. The van der Waals surface area contributed by atoms with Crippen molar-refractivity contribution in [2.75, 3.05) is 25.1 Å². The minimum absolute atomic E-state index is 0.259. The summed E-state index contributed by atoms with van der Waals surface area (Å²) < 4.78 is 10.2. The van der Waals surface area contributed by atoms with E-state index in [0.717, 1.165) is 5.76 Å². The van der Waals surface area contributed by atoms with Crippen molar-refractivity contribution in [3.05, 3.63) is 17.9 Å². The molecular weight excluding hydrogens is 198 g/mol. The van der Waals surface area contributed by atoms with E-state index in [1.165, 1.54) is 0 Å². The van der Waals surface area contributed by atoms with Crippen LogP contribution in [0.2, 0.25) is 0 Å². The fraction of sp³-hybridized carbons (Fsp3) is 0.500. The molecule has 0 amide bonds. The van der Waals surface area contributed by atoms with Crippen LogP contribution in [0.1, 0.15) is 5.76 Å². The third-order valence-corrected chi connectivity index (χ3v) is 2.55. The van der Waals surface area contributed by atoms with E-state index in [9.17, 15) is 4.79 Å². The Labute approximate surface area is 87.0 Å². The lowest BCUT2D eigenvalue weighted by molar-refractivity contribution is -0.176. The summed E-state index contributed by atoms with van der Waals surface area (Å²) in [4.78, 5) is 11.0. The number of aryl methyl sites for hydroxylation is 1. The molecule has 1 aliphatic heterocycles. The second-order valence-corrected chi connectivity index (χ2v) is 3.84. The molecule has 0 unspecified atom stereocenters. The van der Waals surface area contributed by atoms with Gasteiger partial charge in [0, 0.05) is 12.6 Å². The van der Waals surface area contributed by atoms with Crippen molar-refractivity contribution in [2.45, 2.75) is 6.92 Å². The second-order valence-electron chi connectivity index (χ2n) is 3.84. The van der Waals surface area contributed by atoms with E-state index in [0.29, 0.717) is 12.4 Å². The number of furan rings is 1. The minimum atomic E-state index is -0.829. The summed E-state index contributed by atoms with van der Waals surface area (Å²) in [6.45, 7) is 2.68. The molecule has 0 radical (unpaired) electrons. The third-order valence-electron chi connectivity index (χ3n) is 2.55. The van der Waals surface area contributed by atoms with Gasteiger partial charge in [0.1, 0.15) is 11.2 Å². The Bertz CT molecular complexity index is 367. The summed E-state index contributed by atoms with van der Waals surface area (Å²) in [6.07, 6.45) is 0. The van der Waals surface area contributed by atoms with Crippen LogP contribution in [0.5, 0.6) is 0 Å². The van der Waals surface area contributed by atoms with Gasteiger partial charge in [-0.05, 0) is 13.0 Å². The number of aliphatic carboxylic acids is 1. The van der Waals surface area contributed by atoms with Crippen LogP contribution in [0.3, 0.4) is 0 Å². The van der Waals surface area contributed by atoms with Gasteiger partial charge in [0.25, 0.3) is 0 Å². The molecule has 1 saturated heterocycles. The maximum atomic E-state index is 11.0. The zero-order valence-corrected chi connectivity index (χ0v) is 8.45. The van der Waals surface area contributed by atoms with E-state index < -0.39 is 11.4 Å². The molecule has 1 fully saturated rings. The predicted molar refractivity (Wildman–Crippen MR) is 52.8 cm³/mol. The Morgan fingerprint density at radius 2 is 2.33 bits per heavy atom. The van der Waals surface area contributed by atoms with Crippen LogP contribution >= 0.6 is 0 Å². The molecule has 2 N–H and O–H groups in total. The number of rotatable bonds is 4. The molecule has 0 atom stereocenters. The molecular formula is C10H13NO4. The van der Waals surface area contributed by atoms with Crippen LogP contribution in [0.25, 0.3) is 0 Å². The van der Waals surface area contributed by atoms with Crippen LogP contribution in [-0.2, 0) is 9.53 Å². The Hall–Kier alpha value is -1.49. The van der Waals surface area contributed by atoms with Crippen molar-refractivity contribution < 1.29 is 19.1 Å². The van der Waals surface area contributed by atoms with Crippen molar-refractivity contribution in [3.8, 4) is 0 Å². The minimum Gasteiger partial charge on any atom is -0.481 e. The quantitative estimate of drug-likeness (QED) is 0.780. The van der Waals surface area contributed by atoms with E-state index in [-0.39, 0.29) is 13.2 Å². The molecule has 2 rings (SSSR count). The van der Waals surface area contributed by atoms with Crippen LogP contribution in [0.15, 0.2) is 16.5 Å². The number of hydrogen-bond acceptors (Lipinski definition) is 4. The zero-order chi connectivity index (χ0) is 10.9. The molecule has 1 aromatic rings. The van der Waals surface area contributed by atoms with Gasteiger partial charge in [-0.3, -0.25) is 4.79 Å². The van der Waals surface area contributed by atoms with Crippen molar-refractivity contribution >= 4 is 11.9 Å². The van der Waals surface area contributed by atoms with Crippen LogP contribution < -0.4 is 5.32 Å². The Kier molecular flexibility index (Phi) is 2.40. The first-order chi connectivity index (χ1) is 7.12. The highest BCUT2D eigenvalue weighted by Crippen LogP contribution is 2.28. The standard InChI is InChI=1S/C10H13NO4/c1-7-2-3-8(15-7)11-4-10(9(12)13)5-14-6-10/h2-3,11H,4-6H2,1H3,(H,12,13). The third kappa shape index (κ3) is 1.83. The normalized spacial score (nSPS) is 18.2. The Morgan fingerprint density at radius 3 is 2.73 bits per heavy atom. The highest BCUT2D eigenvalue weighted by molar-refractivity contribution is 5.76. The van der Waals surface area contributed by atoms with E-state index >= 15 is 0 Å². The number of nitrogens with one attached hydrogen (secondary N) is 1. The lowest BCUT2D eigenvalue weighted by Crippen LogP contribution is -2.53. The lowest BCUT2D eigenvalue weighted by Gasteiger charge is -2.37. The molecule has 0 aliphatic carbocycles. The average Bonchev–Trinajstić information content (AvgIpc) is 2.49. The number of anilines is 1. The van der Waals surface area contributed by atoms with Gasteiger partial charge in [-0.25, -0.2) is 0 Å². The smallest absolute Gasteiger partial charge is 0.316 e. The molecule has 1 aromatic heterocycles. The molecule has 5 heteroatoms. The highest BCUT2D eigenvalue weighted by atomic mass is 16.5. The van der Waals surface area contributed by atoms with Crippen molar-refractivity contribution in [1.82, 2.24) is 0 Å². The summed E-state index contributed by atoms with van der Waals surface area (Å²) in [7, 11) is 0.